The van der Waals surface area contributed by atoms with Gasteiger partial charge in [-0.2, -0.15) is 0 Å². The smallest absolute Gasteiger partial charge is 0.0701 e. The van der Waals surface area contributed by atoms with Crippen LogP contribution in [0.4, 0.5) is 11.4 Å². The molecule has 0 amide bonds. The van der Waals surface area contributed by atoms with Crippen molar-refractivity contribution < 1.29 is 14.6 Å². The summed E-state index contributed by atoms with van der Waals surface area (Å²) >= 11 is 0. The zero-order chi connectivity index (χ0) is 13.2. The molecular formula is C13H22N2O3. The van der Waals surface area contributed by atoms with E-state index in [2.05, 4.69) is 4.90 Å². The molecular weight excluding hydrogens is 232 g/mol. The molecule has 0 radical (unpaired) electrons. The van der Waals surface area contributed by atoms with Crippen molar-refractivity contribution in [1.82, 2.24) is 0 Å². The minimum atomic E-state index is 0.0554. The fraction of sp³-hybridized carbons (Fsp3) is 0.538. The molecule has 5 heteroatoms. The Kier molecular flexibility index (Phi) is 7.17. The summed E-state index contributed by atoms with van der Waals surface area (Å²) in [7, 11) is 2.01. The molecule has 0 spiro atoms. The van der Waals surface area contributed by atoms with E-state index in [0.717, 1.165) is 17.9 Å². The molecule has 0 aromatic heterocycles. The fourth-order valence-electron chi connectivity index (χ4n) is 1.45. The summed E-state index contributed by atoms with van der Waals surface area (Å²) in [5.74, 6) is 0. The third-order valence-electron chi connectivity index (χ3n) is 2.51. The molecule has 0 saturated heterocycles. The zero-order valence-electron chi connectivity index (χ0n) is 10.8. The molecule has 0 atom stereocenters. The van der Waals surface area contributed by atoms with E-state index in [1.165, 1.54) is 0 Å². The number of nitrogen functional groups attached to an aromatic ring is 1. The minimum absolute atomic E-state index is 0.0554. The van der Waals surface area contributed by atoms with Gasteiger partial charge in [-0.15, -0.1) is 0 Å². The van der Waals surface area contributed by atoms with E-state index in [4.69, 9.17) is 20.3 Å². The molecule has 0 bridgehead atoms. The predicted molar refractivity (Wildman–Crippen MR) is 72.8 cm³/mol. The molecule has 0 heterocycles. The number of anilines is 2. The van der Waals surface area contributed by atoms with E-state index in [0.29, 0.717) is 26.4 Å². The second kappa shape index (κ2) is 8.74. The average Bonchev–Trinajstić information content (AvgIpc) is 2.38. The van der Waals surface area contributed by atoms with Gasteiger partial charge in [0.05, 0.1) is 33.0 Å². The molecule has 1 aromatic carbocycles. The summed E-state index contributed by atoms with van der Waals surface area (Å²) in [6.45, 7) is 2.95. The number of hydrogen-bond donors (Lipinski definition) is 2. The number of benzene rings is 1. The monoisotopic (exact) mass is 254 g/mol. The number of nitrogens with two attached hydrogens (primary N) is 1. The van der Waals surface area contributed by atoms with E-state index in [1.807, 2.05) is 31.3 Å². The molecule has 0 aliphatic heterocycles. The first-order valence-electron chi connectivity index (χ1n) is 6.07. The maximum atomic E-state index is 8.51. The van der Waals surface area contributed by atoms with Crippen LogP contribution in [0.5, 0.6) is 0 Å². The van der Waals surface area contributed by atoms with Crippen molar-refractivity contribution in [3.05, 3.63) is 24.3 Å². The fourth-order valence-corrected chi connectivity index (χ4v) is 1.45. The molecule has 0 saturated carbocycles. The second-order valence-corrected chi connectivity index (χ2v) is 3.96. The van der Waals surface area contributed by atoms with E-state index < -0.39 is 0 Å². The Bertz CT molecular complexity index is 317. The Morgan fingerprint density at radius 3 is 2.28 bits per heavy atom. The topological polar surface area (TPSA) is 68.0 Å². The zero-order valence-corrected chi connectivity index (χ0v) is 10.8. The Morgan fingerprint density at radius 1 is 1.06 bits per heavy atom. The lowest BCUT2D eigenvalue weighted by molar-refractivity contribution is 0.0353. The normalized spacial score (nSPS) is 10.6. The van der Waals surface area contributed by atoms with Gasteiger partial charge in [-0.05, 0) is 24.3 Å². The molecule has 18 heavy (non-hydrogen) atoms. The standard InChI is InChI=1S/C13H22N2O3/c1-15(13-4-2-12(14)3-5-13)6-8-17-10-11-18-9-7-16/h2-5,16H,6-11,14H2,1H3. The molecule has 1 aromatic rings. The van der Waals surface area contributed by atoms with Crippen LogP contribution in [0.15, 0.2) is 24.3 Å². The second-order valence-electron chi connectivity index (χ2n) is 3.96. The molecule has 3 N–H and O–H groups in total. The van der Waals surface area contributed by atoms with Gasteiger partial charge < -0.3 is 25.2 Å². The van der Waals surface area contributed by atoms with Gasteiger partial charge >= 0.3 is 0 Å². The van der Waals surface area contributed by atoms with Crippen LogP contribution in [-0.4, -0.2) is 51.7 Å². The van der Waals surface area contributed by atoms with Gasteiger partial charge in [0.1, 0.15) is 0 Å². The largest absolute Gasteiger partial charge is 0.399 e. The van der Waals surface area contributed by atoms with Crippen LogP contribution in [0.3, 0.4) is 0 Å². The Balaban J connectivity index is 2.10. The van der Waals surface area contributed by atoms with Crippen LogP contribution >= 0.6 is 0 Å². The van der Waals surface area contributed by atoms with E-state index >= 15 is 0 Å². The third-order valence-corrected chi connectivity index (χ3v) is 2.51. The summed E-state index contributed by atoms with van der Waals surface area (Å²) in [5.41, 5.74) is 7.51. The van der Waals surface area contributed by atoms with Gasteiger partial charge in [0, 0.05) is 25.0 Å². The van der Waals surface area contributed by atoms with Gasteiger partial charge in [0.15, 0.2) is 0 Å². The lowest BCUT2D eigenvalue weighted by atomic mass is 10.2. The highest BCUT2D eigenvalue weighted by atomic mass is 16.5. The van der Waals surface area contributed by atoms with Crippen LogP contribution in [0.1, 0.15) is 0 Å². The molecule has 0 aliphatic rings. The van der Waals surface area contributed by atoms with Crippen LogP contribution in [0.2, 0.25) is 0 Å². The summed E-state index contributed by atoms with van der Waals surface area (Å²) in [6.07, 6.45) is 0. The first kappa shape index (κ1) is 14.8. The van der Waals surface area contributed by atoms with Crippen molar-refractivity contribution in [1.29, 1.82) is 0 Å². The molecule has 1 rings (SSSR count). The Labute approximate surface area is 108 Å². The average molecular weight is 254 g/mol. The number of ether oxygens (including phenoxy) is 2. The molecule has 102 valence electrons. The van der Waals surface area contributed by atoms with Gasteiger partial charge in [0.2, 0.25) is 0 Å². The Hall–Kier alpha value is -1.30. The highest BCUT2D eigenvalue weighted by Crippen LogP contribution is 2.14. The number of aliphatic hydroxyl groups is 1. The number of hydrogen-bond acceptors (Lipinski definition) is 5. The van der Waals surface area contributed by atoms with Crippen LogP contribution < -0.4 is 10.6 Å². The summed E-state index contributed by atoms with van der Waals surface area (Å²) in [6, 6.07) is 7.74. The molecule has 0 unspecified atom stereocenters. The lowest BCUT2D eigenvalue weighted by Gasteiger charge is -2.19. The summed E-state index contributed by atoms with van der Waals surface area (Å²) in [5, 5.41) is 8.51. The molecule has 0 aliphatic carbocycles. The third kappa shape index (κ3) is 5.86. The summed E-state index contributed by atoms with van der Waals surface area (Å²) in [4.78, 5) is 2.11. The maximum Gasteiger partial charge on any atom is 0.0701 e. The number of nitrogens with zero attached hydrogens (tertiary/aromatic N) is 1. The SMILES string of the molecule is CN(CCOCCOCCO)c1ccc(N)cc1. The van der Waals surface area contributed by atoms with Crippen molar-refractivity contribution in [3.63, 3.8) is 0 Å². The quantitative estimate of drug-likeness (QED) is 0.502. The van der Waals surface area contributed by atoms with Crippen molar-refractivity contribution in [2.75, 3.05) is 57.3 Å². The number of aliphatic hydroxyl groups excluding tert-OH is 1. The lowest BCUT2D eigenvalue weighted by Crippen LogP contribution is -2.23. The van der Waals surface area contributed by atoms with Crippen LogP contribution in [0, 0.1) is 0 Å². The first-order valence-corrected chi connectivity index (χ1v) is 6.07. The number of likely N-dealkylation sites (N-methyl/N-ethyl adjacent to an activating group) is 1. The van der Waals surface area contributed by atoms with Crippen molar-refractivity contribution in [2.45, 2.75) is 0 Å². The summed E-state index contributed by atoms with van der Waals surface area (Å²) < 4.78 is 10.5. The van der Waals surface area contributed by atoms with Gasteiger partial charge in [0.25, 0.3) is 0 Å². The van der Waals surface area contributed by atoms with E-state index in [9.17, 15) is 0 Å². The van der Waals surface area contributed by atoms with Crippen LogP contribution in [-0.2, 0) is 9.47 Å². The highest BCUT2D eigenvalue weighted by Gasteiger charge is 2.00. The van der Waals surface area contributed by atoms with E-state index in [1.54, 1.807) is 0 Å². The first-order chi connectivity index (χ1) is 8.74. The molecule has 5 nitrogen and oxygen atoms in total. The van der Waals surface area contributed by atoms with Crippen LogP contribution in [0.25, 0.3) is 0 Å². The van der Waals surface area contributed by atoms with Crippen molar-refractivity contribution >= 4 is 11.4 Å². The van der Waals surface area contributed by atoms with Gasteiger partial charge in [-0.25, -0.2) is 0 Å². The van der Waals surface area contributed by atoms with Gasteiger partial charge in [-0.1, -0.05) is 0 Å². The predicted octanol–water partition coefficient (Wildman–Crippen LogP) is 0.730. The number of rotatable bonds is 9. The highest BCUT2D eigenvalue weighted by molar-refractivity contribution is 5.52. The Morgan fingerprint density at radius 2 is 1.67 bits per heavy atom. The van der Waals surface area contributed by atoms with Crippen molar-refractivity contribution in [3.8, 4) is 0 Å². The van der Waals surface area contributed by atoms with Gasteiger partial charge in [-0.3, -0.25) is 0 Å². The maximum absolute atomic E-state index is 8.51. The minimum Gasteiger partial charge on any atom is -0.399 e. The van der Waals surface area contributed by atoms with Crippen molar-refractivity contribution in [2.24, 2.45) is 0 Å². The van der Waals surface area contributed by atoms with E-state index in [-0.39, 0.29) is 6.61 Å². The molecule has 0 fully saturated rings.